The lowest BCUT2D eigenvalue weighted by atomic mass is 10.0. The van der Waals surface area contributed by atoms with Gasteiger partial charge in [0.15, 0.2) is 0 Å². The Labute approximate surface area is 210 Å². The average molecular weight is 499 g/mol. The van der Waals surface area contributed by atoms with Gasteiger partial charge >= 0.3 is 0 Å². The second-order valence-electron chi connectivity index (χ2n) is 8.97. The standard InChI is InChI=1S/C26H34N4O6/c1-6-17-9-18(8-16(4)24(17)35-14-20(32)12-27-23(33)13-31)25-29-26(36-30-25)22-11-21(34-5)10-19(28-22)7-15(2)3/h8-11,15,20,31-32H,6-7,12-14H2,1-5H3,(H,27,33)/t20-/m0/s1. The minimum Gasteiger partial charge on any atom is -0.497 e. The summed E-state index contributed by atoms with van der Waals surface area (Å²) in [4.78, 5) is 20.4. The highest BCUT2D eigenvalue weighted by Crippen LogP contribution is 2.31. The van der Waals surface area contributed by atoms with Crippen LogP contribution in [-0.2, 0) is 17.6 Å². The Morgan fingerprint density at radius 1 is 1.19 bits per heavy atom. The number of methoxy groups -OCH3 is 1. The third kappa shape index (κ3) is 7.02. The summed E-state index contributed by atoms with van der Waals surface area (Å²) in [5, 5.41) is 25.4. The van der Waals surface area contributed by atoms with Gasteiger partial charge in [0.25, 0.3) is 5.89 Å². The van der Waals surface area contributed by atoms with Crippen molar-refractivity contribution in [2.24, 2.45) is 5.92 Å². The van der Waals surface area contributed by atoms with Crippen LogP contribution in [0, 0.1) is 12.8 Å². The number of ether oxygens (including phenoxy) is 2. The molecule has 0 spiro atoms. The Bertz CT molecular complexity index is 1180. The molecular formula is C26H34N4O6. The summed E-state index contributed by atoms with van der Waals surface area (Å²) in [6.07, 6.45) is 0.566. The number of aliphatic hydroxyl groups excluding tert-OH is 2. The number of carbonyl (C=O) groups excluding carboxylic acids is 1. The highest BCUT2D eigenvalue weighted by atomic mass is 16.5. The van der Waals surface area contributed by atoms with Gasteiger partial charge in [-0.1, -0.05) is 25.9 Å². The molecule has 0 aliphatic rings. The molecule has 0 bridgehead atoms. The molecule has 36 heavy (non-hydrogen) atoms. The predicted octanol–water partition coefficient (Wildman–Crippen LogP) is 2.72. The van der Waals surface area contributed by atoms with Crippen molar-refractivity contribution in [3.05, 3.63) is 41.1 Å². The first-order chi connectivity index (χ1) is 17.2. The maximum absolute atomic E-state index is 11.2. The van der Waals surface area contributed by atoms with Crippen LogP contribution in [0.2, 0.25) is 0 Å². The number of benzene rings is 1. The summed E-state index contributed by atoms with van der Waals surface area (Å²) in [5.74, 6) is 1.95. The highest BCUT2D eigenvalue weighted by Gasteiger charge is 2.18. The number of rotatable bonds is 12. The number of hydrogen-bond donors (Lipinski definition) is 3. The smallest absolute Gasteiger partial charge is 0.276 e. The number of nitrogens with zero attached hydrogens (tertiary/aromatic N) is 3. The van der Waals surface area contributed by atoms with E-state index in [0.717, 1.165) is 28.8 Å². The van der Waals surface area contributed by atoms with E-state index in [4.69, 9.17) is 19.1 Å². The molecular weight excluding hydrogens is 464 g/mol. The molecule has 1 atom stereocenters. The molecule has 194 valence electrons. The Morgan fingerprint density at radius 2 is 1.97 bits per heavy atom. The summed E-state index contributed by atoms with van der Waals surface area (Å²) in [7, 11) is 1.61. The lowest BCUT2D eigenvalue weighted by Gasteiger charge is -2.17. The first-order valence-electron chi connectivity index (χ1n) is 11.9. The molecule has 0 radical (unpaired) electrons. The molecule has 1 aromatic carbocycles. The van der Waals surface area contributed by atoms with Gasteiger partial charge < -0.3 is 29.5 Å². The summed E-state index contributed by atoms with van der Waals surface area (Å²) in [6.45, 7) is 7.51. The Balaban J connectivity index is 1.81. The molecule has 2 aromatic heterocycles. The van der Waals surface area contributed by atoms with Crippen LogP contribution in [-0.4, -0.2) is 64.2 Å². The van der Waals surface area contributed by atoms with Crippen LogP contribution in [0.1, 0.15) is 37.6 Å². The van der Waals surface area contributed by atoms with Crippen LogP contribution in [0.5, 0.6) is 11.5 Å². The summed E-state index contributed by atoms with van der Waals surface area (Å²) >= 11 is 0. The van der Waals surface area contributed by atoms with Gasteiger partial charge in [-0.2, -0.15) is 4.98 Å². The van der Waals surface area contributed by atoms with Gasteiger partial charge in [-0.15, -0.1) is 0 Å². The normalized spacial score (nSPS) is 12.0. The quantitative estimate of drug-likeness (QED) is 0.344. The van der Waals surface area contributed by atoms with Crippen molar-refractivity contribution in [2.75, 3.05) is 26.9 Å². The van der Waals surface area contributed by atoms with E-state index in [0.29, 0.717) is 41.2 Å². The van der Waals surface area contributed by atoms with Crippen molar-refractivity contribution in [3.63, 3.8) is 0 Å². The van der Waals surface area contributed by atoms with Gasteiger partial charge in [0.1, 0.15) is 36.5 Å². The molecule has 0 saturated heterocycles. The molecule has 1 amide bonds. The summed E-state index contributed by atoms with van der Waals surface area (Å²) in [6, 6.07) is 7.51. The van der Waals surface area contributed by atoms with Crippen LogP contribution in [0.25, 0.3) is 23.0 Å². The van der Waals surface area contributed by atoms with Crippen LogP contribution in [0.15, 0.2) is 28.8 Å². The van der Waals surface area contributed by atoms with Crippen molar-refractivity contribution < 1.29 is 29.0 Å². The van der Waals surface area contributed by atoms with Gasteiger partial charge in [0.05, 0.1) is 7.11 Å². The molecule has 0 fully saturated rings. The summed E-state index contributed by atoms with van der Waals surface area (Å²) < 4.78 is 16.8. The summed E-state index contributed by atoms with van der Waals surface area (Å²) in [5.41, 5.74) is 3.98. The maximum atomic E-state index is 11.2. The first-order valence-corrected chi connectivity index (χ1v) is 11.9. The molecule has 3 N–H and O–H groups in total. The van der Waals surface area contributed by atoms with Crippen LogP contribution < -0.4 is 14.8 Å². The van der Waals surface area contributed by atoms with Crippen molar-refractivity contribution in [2.45, 2.75) is 46.6 Å². The highest BCUT2D eigenvalue weighted by molar-refractivity contribution is 5.76. The molecule has 3 rings (SSSR count). The molecule has 0 aliphatic heterocycles. The van der Waals surface area contributed by atoms with Crippen molar-refractivity contribution >= 4 is 5.91 Å². The van der Waals surface area contributed by atoms with Crippen molar-refractivity contribution in [3.8, 4) is 34.5 Å². The average Bonchev–Trinajstić information content (AvgIpc) is 3.36. The van der Waals surface area contributed by atoms with E-state index in [1.807, 2.05) is 32.0 Å². The zero-order valence-corrected chi connectivity index (χ0v) is 21.4. The van der Waals surface area contributed by atoms with Crippen LogP contribution in [0.4, 0.5) is 0 Å². The van der Waals surface area contributed by atoms with E-state index in [2.05, 4.69) is 34.3 Å². The first kappa shape index (κ1) is 27.1. The molecule has 10 nitrogen and oxygen atoms in total. The molecule has 0 saturated carbocycles. The van der Waals surface area contributed by atoms with Gasteiger partial charge in [0.2, 0.25) is 11.7 Å². The van der Waals surface area contributed by atoms with E-state index in [1.54, 1.807) is 13.2 Å². The number of pyridine rings is 1. The fourth-order valence-electron chi connectivity index (χ4n) is 3.73. The third-order valence-electron chi connectivity index (χ3n) is 5.44. The van der Waals surface area contributed by atoms with E-state index >= 15 is 0 Å². The number of aliphatic hydroxyl groups is 2. The van der Waals surface area contributed by atoms with Crippen molar-refractivity contribution in [1.82, 2.24) is 20.4 Å². The number of nitrogens with one attached hydrogen (secondary N) is 1. The largest absolute Gasteiger partial charge is 0.497 e. The van der Waals surface area contributed by atoms with Gasteiger partial charge in [0, 0.05) is 29.9 Å². The van der Waals surface area contributed by atoms with E-state index < -0.39 is 18.6 Å². The predicted molar refractivity (Wildman–Crippen MR) is 134 cm³/mol. The van der Waals surface area contributed by atoms with Gasteiger partial charge in [-0.3, -0.25) is 4.79 Å². The maximum Gasteiger partial charge on any atom is 0.276 e. The molecule has 3 aromatic rings. The Hall–Kier alpha value is -3.50. The van der Waals surface area contributed by atoms with E-state index in [9.17, 15) is 9.90 Å². The number of hydrogen-bond acceptors (Lipinski definition) is 9. The number of carbonyl (C=O) groups is 1. The van der Waals surface area contributed by atoms with Gasteiger partial charge in [-0.25, -0.2) is 4.98 Å². The second kappa shape index (κ2) is 12.5. The lowest BCUT2D eigenvalue weighted by molar-refractivity contribution is -0.124. The number of amides is 1. The van der Waals surface area contributed by atoms with Gasteiger partial charge in [-0.05, 0) is 48.9 Å². The number of aromatic nitrogens is 3. The van der Waals surface area contributed by atoms with Crippen LogP contribution in [0.3, 0.4) is 0 Å². The van der Waals surface area contributed by atoms with E-state index in [1.165, 1.54) is 0 Å². The van der Waals surface area contributed by atoms with Crippen LogP contribution >= 0.6 is 0 Å². The third-order valence-corrected chi connectivity index (χ3v) is 5.44. The second-order valence-corrected chi connectivity index (χ2v) is 8.97. The Morgan fingerprint density at radius 3 is 2.64 bits per heavy atom. The molecule has 0 aliphatic carbocycles. The number of aryl methyl sites for hydroxylation is 2. The minimum atomic E-state index is -0.917. The zero-order chi connectivity index (χ0) is 26.2. The SMILES string of the molecule is CCc1cc(-c2noc(-c3cc(OC)cc(CC(C)C)n3)n2)cc(C)c1OC[C@@H](O)CNC(=O)CO. The topological polar surface area (TPSA) is 140 Å². The molecule has 2 heterocycles. The zero-order valence-electron chi connectivity index (χ0n) is 21.4. The van der Waals surface area contributed by atoms with E-state index in [-0.39, 0.29) is 13.2 Å². The molecule has 0 unspecified atom stereocenters. The Kier molecular flexibility index (Phi) is 9.38. The lowest BCUT2D eigenvalue weighted by Crippen LogP contribution is -2.36. The fourth-order valence-corrected chi connectivity index (χ4v) is 3.73. The molecule has 10 heteroatoms. The monoisotopic (exact) mass is 498 g/mol. The fraction of sp³-hybridized carbons (Fsp3) is 0.462. The minimum absolute atomic E-state index is 0.00846. The van der Waals surface area contributed by atoms with Crippen molar-refractivity contribution in [1.29, 1.82) is 0 Å².